The molecule has 1 aromatic rings. The standard InChI is InChI=1S/C19H32IN5O/c1-14-15(24-7-6-21-10-18(2,3)11-24)22-17(20)23-16(14)25-8-9-26-13-19(4,5)12-25/h21H,6-13H2,1-5H3. The molecule has 2 aliphatic rings. The van der Waals surface area contributed by atoms with E-state index in [0.717, 1.165) is 67.9 Å². The first-order chi connectivity index (χ1) is 12.2. The summed E-state index contributed by atoms with van der Waals surface area (Å²) in [4.78, 5) is 14.5. The lowest BCUT2D eigenvalue weighted by molar-refractivity contribution is 0.0893. The molecule has 0 unspecified atom stereocenters. The Morgan fingerprint density at radius 1 is 1.00 bits per heavy atom. The average molecular weight is 473 g/mol. The summed E-state index contributed by atoms with van der Waals surface area (Å²) in [5.74, 6) is 2.15. The van der Waals surface area contributed by atoms with Crippen LogP contribution >= 0.6 is 22.6 Å². The molecule has 1 aromatic heterocycles. The van der Waals surface area contributed by atoms with Gasteiger partial charge in [0.1, 0.15) is 11.6 Å². The quantitative estimate of drug-likeness (QED) is 0.527. The molecule has 0 saturated carbocycles. The van der Waals surface area contributed by atoms with Crippen molar-refractivity contribution in [3.63, 3.8) is 0 Å². The fourth-order valence-corrected chi connectivity index (χ4v) is 4.36. The highest BCUT2D eigenvalue weighted by molar-refractivity contribution is 14.1. The van der Waals surface area contributed by atoms with Crippen molar-refractivity contribution < 1.29 is 4.74 Å². The van der Waals surface area contributed by atoms with E-state index in [0.29, 0.717) is 0 Å². The predicted molar refractivity (Wildman–Crippen MR) is 115 cm³/mol. The molecule has 3 rings (SSSR count). The highest BCUT2D eigenvalue weighted by Crippen LogP contribution is 2.32. The fraction of sp³-hybridized carbons (Fsp3) is 0.789. The minimum absolute atomic E-state index is 0.119. The van der Waals surface area contributed by atoms with Gasteiger partial charge in [0.2, 0.25) is 0 Å². The van der Waals surface area contributed by atoms with Crippen molar-refractivity contribution >= 4 is 34.2 Å². The first-order valence-corrected chi connectivity index (χ1v) is 10.6. The van der Waals surface area contributed by atoms with Crippen molar-refractivity contribution in [3.05, 3.63) is 9.39 Å². The Morgan fingerprint density at radius 2 is 1.62 bits per heavy atom. The minimum Gasteiger partial charge on any atom is -0.379 e. The molecule has 0 atom stereocenters. The van der Waals surface area contributed by atoms with E-state index in [1.807, 2.05) is 0 Å². The third-order valence-electron chi connectivity index (χ3n) is 5.06. The van der Waals surface area contributed by atoms with Crippen LogP contribution in [0.1, 0.15) is 33.3 Å². The molecule has 7 heteroatoms. The van der Waals surface area contributed by atoms with Gasteiger partial charge in [-0.25, -0.2) is 9.97 Å². The Balaban J connectivity index is 1.95. The molecular formula is C19H32IN5O. The monoisotopic (exact) mass is 473 g/mol. The van der Waals surface area contributed by atoms with Gasteiger partial charge in [0, 0.05) is 72.8 Å². The van der Waals surface area contributed by atoms with Gasteiger partial charge >= 0.3 is 0 Å². The molecule has 0 aliphatic carbocycles. The number of rotatable bonds is 2. The van der Waals surface area contributed by atoms with E-state index in [4.69, 9.17) is 14.7 Å². The molecule has 2 aliphatic heterocycles. The molecule has 26 heavy (non-hydrogen) atoms. The third kappa shape index (κ3) is 4.78. The molecule has 0 spiro atoms. The largest absolute Gasteiger partial charge is 0.379 e. The zero-order valence-electron chi connectivity index (χ0n) is 16.7. The lowest BCUT2D eigenvalue weighted by Crippen LogP contribution is -2.38. The topological polar surface area (TPSA) is 53.5 Å². The van der Waals surface area contributed by atoms with Crippen molar-refractivity contribution in [2.75, 3.05) is 62.3 Å². The average Bonchev–Trinajstić information content (AvgIpc) is 2.83. The van der Waals surface area contributed by atoms with Crippen molar-refractivity contribution in [1.82, 2.24) is 15.3 Å². The molecule has 146 valence electrons. The zero-order chi connectivity index (χ0) is 18.9. The number of aromatic nitrogens is 2. The molecule has 0 radical (unpaired) electrons. The van der Waals surface area contributed by atoms with E-state index in [2.05, 4.69) is 72.3 Å². The second-order valence-corrected chi connectivity index (χ2v) is 10.1. The van der Waals surface area contributed by atoms with E-state index in [9.17, 15) is 0 Å². The first-order valence-electron chi connectivity index (χ1n) is 9.49. The number of ether oxygens (including phenoxy) is 1. The second-order valence-electron chi connectivity index (χ2n) is 9.17. The summed E-state index contributed by atoms with van der Waals surface area (Å²) in [5, 5.41) is 3.55. The number of hydrogen-bond acceptors (Lipinski definition) is 6. The van der Waals surface area contributed by atoms with Crippen LogP contribution in [0.2, 0.25) is 0 Å². The van der Waals surface area contributed by atoms with Gasteiger partial charge in [0.25, 0.3) is 0 Å². The number of halogens is 1. The van der Waals surface area contributed by atoms with Gasteiger partial charge in [0.05, 0.1) is 13.2 Å². The van der Waals surface area contributed by atoms with Gasteiger partial charge in [0.15, 0.2) is 3.83 Å². The molecule has 6 nitrogen and oxygen atoms in total. The third-order valence-corrected chi connectivity index (χ3v) is 5.55. The Kier molecular flexibility index (Phi) is 5.99. The number of nitrogens with zero attached hydrogens (tertiary/aromatic N) is 4. The van der Waals surface area contributed by atoms with Gasteiger partial charge in [-0.1, -0.05) is 27.7 Å². The van der Waals surface area contributed by atoms with Crippen LogP contribution in [0.25, 0.3) is 0 Å². The highest BCUT2D eigenvalue weighted by atomic mass is 127. The Hall–Kier alpha value is -0.670. The first kappa shape index (κ1) is 20.1. The van der Waals surface area contributed by atoms with Crippen LogP contribution in [0.4, 0.5) is 11.6 Å². The molecule has 0 aromatic carbocycles. The van der Waals surface area contributed by atoms with Gasteiger partial charge in [-0.3, -0.25) is 0 Å². The summed E-state index contributed by atoms with van der Waals surface area (Å²) >= 11 is 2.25. The SMILES string of the molecule is Cc1c(N2CCNCC(C)(C)C2)nc(I)nc1N1CCOCC(C)(C)C1. The van der Waals surface area contributed by atoms with Gasteiger partial charge < -0.3 is 19.9 Å². The Bertz CT molecular complexity index is 598. The predicted octanol–water partition coefficient (Wildman–Crippen LogP) is 2.69. The second kappa shape index (κ2) is 7.75. The van der Waals surface area contributed by atoms with E-state index in [-0.39, 0.29) is 10.8 Å². The maximum absolute atomic E-state index is 5.82. The zero-order valence-corrected chi connectivity index (χ0v) is 18.9. The smallest absolute Gasteiger partial charge is 0.194 e. The summed E-state index contributed by atoms with van der Waals surface area (Å²) in [6.45, 7) is 18.7. The van der Waals surface area contributed by atoms with Gasteiger partial charge in [-0.2, -0.15) is 0 Å². The maximum atomic E-state index is 5.82. The molecule has 0 amide bonds. The molecule has 1 N–H and O–H groups in total. The van der Waals surface area contributed by atoms with E-state index in [1.54, 1.807) is 0 Å². The van der Waals surface area contributed by atoms with Gasteiger partial charge in [-0.05, 0) is 12.3 Å². The summed E-state index contributed by atoms with van der Waals surface area (Å²) < 4.78 is 6.63. The van der Waals surface area contributed by atoms with E-state index >= 15 is 0 Å². The molecule has 3 heterocycles. The molecule has 2 fully saturated rings. The lowest BCUT2D eigenvalue weighted by atomic mass is 9.93. The Labute approximate surface area is 171 Å². The Morgan fingerprint density at radius 3 is 2.31 bits per heavy atom. The number of hydrogen-bond donors (Lipinski definition) is 1. The summed E-state index contributed by atoms with van der Waals surface area (Å²) in [6, 6.07) is 0. The fourth-order valence-electron chi connectivity index (χ4n) is 3.90. The van der Waals surface area contributed by atoms with Crippen molar-refractivity contribution in [2.24, 2.45) is 10.8 Å². The summed E-state index contributed by atoms with van der Waals surface area (Å²) in [6.07, 6.45) is 0. The van der Waals surface area contributed by atoms with Crippen molar-refractivity contribution in [1.29, 1.82) is 0 Å². The molecule has 2 saturated heterocycles. The lowest BCUT2D eigenvalue weighted by Gasteiger charge is -2.33. The summed E-state index contributed by atoms with van der Waals surface area (Å²) in [5.41, 5.74) is 1.52. The van der Waals surface area contributed by atoms with Gasteiger partial charge in [-0.15, -0.1) is 0 Å². The van der Waals surface area contributed by atoms with E-state index < -0.39 is 0 Å². The van der Waals surface area contributed by atoms with E-state index in [1.165, 1.54) is 5.56 Å². The van der Waals surface area contributed by atoms with Crippen LogP contribution in [0.5, 0.6) is 0 Å². The molecular weight excluding hydrogens is 441 g/mol. The summed E-state index contributed by atoms with van der Waals surface area (Å²) in [7, 11) is 0. The highest BCUT2D eigenvalue weighted by Gasteiger charge is 2.30. The number of anilines is 2. The minimum atomic E-state index is 0.119. The van der Waals surface area contributed by atoms with Crippen LogP contribution in [0.3, 0.4) is 0 Å². The van der Waals surface area contributed by atoms with Crippen molar-refractivity contribution in [3.8, 4) is 0 Å². The van der Waals surface area contributed by atoms with Crippen LogP contribution in [0.15, 0.2) is 0 Å². The normalized spacial score (nSPS) is 23.5. The maximum Gasteiger partial charge on any atom is 0.194 e. The van der Waals surface area contributed by atoms with Crippen LogP contribution in [-0.4, -0.2) is 62.5 Å². The van der Waals surface area contributed by atoms with Crippen LogP contribution in [-0.2, 0) is 4.74 Å². The van der Waals surface area contributed by atoms with Crippen LogP contribution < -0.4 is 15.1 Å². The van der Waals surface area contributed by atoms with Crippen molar-refractivity contribution in [2.45, 2.75) is 34.6 Å². The number of nitrogens with one attached hydrogen (secondary N) is 1. The van der Waals surface area contributed by atoms with Crippen LogP contribution in [0, 0.1) is 21.6 Å². The molecule has 0 bridgehead atoms.